The molecule has 0 saturated carbocycles. The van der Waals surface area contributed by atoms with Gasteiger partial charge in [-0.2, -0.15) is 0 Å². The van der Waals surface area contributed by atoms with Crippen LogP contribution >= 0.6 is 0 Å². The monoisotopic (exact) mass is 472 g/mol. The second-order valence-corrected chi connectivity index (χ2v) is 7.49. The third-order valence-corrected chi connectivity index (χ3v) is 4.86. The largest absolute Gasteiger partial charge is 0.478 e. The molecule has 0 fully saturated rings. The molecule has 11 nitrogen and oxygen atoms in total. The predicted molar refractivity (Wildman–Crippen MR) is 117 cm³/mol. The normalized spacial score (nSPS) is 14.5. The van der Waals surface area contributed by atoms with Crippen LogP contribution in [0.1, 0.15) is 34.1 Å². The van der Waals surface area contributed by atoms with E-state index in [9.17, 15) is 49.8 Å². The van der Waals surface area contributed by atoms with E-state index >= 15 is 0 Å². The predicted octanol–water partition coefficient (Wildman–Crippen LogP) is 1.07. The molecule has 7 N–H and O–H groups in total. The molecule has 0 aromatic heterocycles. The molecule has 11 heteroatoms. The lowest BCUT2D eigenvalue weighted by Gasteiger charge is -2.44. The van der Waals surface area contributed by atoms with Crippen LogP contribution in [0.15, 0.2) is 47.1 Å². The van der Waals surface area contributed by atoms with Crippen LogP contribution in [0.5, 0.6) is 0 Å². The van der Waals surface area contributed by atoms with Crippen molar-refractivity contribution in [1.29, 1.82) is 0 Å². The summed E-state index contributed by atoms with van der Waals surface area (Å²) < 4.78 is 0. The van der Waals surface area contributed by atoms with Gasteiger partial charge in [-0.05, 0) is 34.1 Å². The highest BCUT2D eigenvalue weighted by Gasteiger charge is 2.47. The average molecular weight is 472 g/mol. The quantitative estimate of drug-likeness (QED) is 0.200. The van der Waals surface area contributed by atoms with Gasteiger partial charge in [-0.1, -0.05) is 24.8 Å². The molecule has 0 aliphatic carbocycles. The van der Waals surface area contributed by atoms with Crippen LogP contribution in [0.2, 0.25) is 0 Å². The van der Waals surface area contributed by atoms with E-state index in [0.29, 0.717) is 0 Å². The lowest BCUT2D eigenvalue weighted by molar-refractivity contribution is -0.133. The minimum Gasteiger partial charge on any atom is -0.478 e. The molecule has 0 amide bonds. The van der Waals surface area contributed by atoms with Crippen molar-refractivity contribution in [3.63, 3.8) is 0 Å². The van der Waals surface area contributed by atoms with Crippen molar-refractivity contribution in [2.24, 2.45) is 10.8 Å². The summed E-state index contributed by atoms with van der Waals surface area (Å²) in [4.78, 5) is 43.7. The molecule has 0 spiro atoms. The van der Waals surface area contributed by atoms with E-state index in [1.165, 1.54) is 27.7 Å². The fourth-order valence-electron chi connectivity index (χ4n) is 2.76. The summed E-state index contributed by atoms with van der Waals surface area (Å²) in [5.41, 5.74) is -4.08. The van der Waals surface area contributed by atoms with Gasteiger partial charge in [0.15, 0.2) is 0 Å². The third-order valence-electron chi connectivity index (χ3n) is 4.86. The van der Waals surface area contributed by atoms with Gasteiger partial charge >= 0.3 is 23.9 Å². The molecule has 0 bridgehead atoms. The van der Waals surface area contributed by atoms with Gasteiger partial charge in [-0.25, -0.2) is 19.2 Å². The third kappa shape index (κ3) is 9.39. The highest BCUT2D eigenvalue weighted by Crippen LogP contribution is 2.48. The minimum absolute atomic E-state index is 0.176. The van der Waals surface area contributed by atoms with Crippen molar-refractivity contribution < 1.29 is 54.9 Å². The van der Waals surface area contributed by atoms with Crippen molar-refractivity contribution in [2.75, 3.05) is 19.8 Å². The highest BCUT2D eigenvalue weighted by atomic mass is 16.4. The van der Waals surface area contributed by atoms with Crippen molar-refractivity contribution >= 4 is 23.9 Å². The van der Waals surface area contributed by atoms with Gasteiger partial charge in [0.25, 0.3) is 0 Å². The Hall–Kier alpha value is -3.28. The summed E-state index contributed by atoms with van der Waals surface area (Å²) in [6.45, 7) is 6.16. The molecule has 33 heavy (non-hydrogen) atoms. The number of carboxylic acids is 4. The molecule has 0 atom stereocenters. The van der Waals surface area contributed by atoms with Crippen LogP contribution in [0, 0.1) is 10.8 Å². The van der Waals surface area contributed by atoms with Crippen molar-refractivity contribution in [3.05, 3.63) is 47.1 Å². The lowest BCUT2D eigenvalue weighted by Crippen LogP contribution is -2.46. The topological polar surface area (TPSA) is 210 Å². The van der Waals surface area contributed by atoms with Gasteiger partial charge < -0.3 is 35.7 Å². The standard InChI is InChI=1S/C18H26O9.C4H6O2/c1-11(14(22)23)6-18(7-12(2)15(24)25,8-13(3)16(26)27)17(9-20,10-21)4-5-19;1-3(2)4(5)6/h6-8,19-21H,4-5,9-10H2,1-3H3,(H,22,23)(H,24,25)(H,26,27);1H2,2H3,(H,5,6). The van der Waals surface area contributed by atoms with E-state index < -0.39 is 54.5 Å². The van der Waals surface area contributed by atoms with E-state index in [-0.39, 0.29) is 28.7 Å². The van der Waals surface area contributed by atoms with Gasteiger partial charge in [0.1, 0.15) is 0 Å². The number of aliphatic hydroxyl groups is 3. The summed E-state index contributed by atoms with van der Waals surface area (Å²) in [6.07, 6.45) is 2.99. The van der Waals surface area contributed by atoms with E-state index in [0.717, 1.165) is 18.2 Å². The van der Waals surface area contributed by atoms with Gasteiger partial charge in [0, 0.05) is 39.7 Å². The Kier molecular flexibility index (Phi) is 13.5. The fraction of sp³-hybridized carbons (Fsp3) is 0.455. The molecule has 0 saturated heterocycles. The summed E-state index contributed by atoms with van der Waals surface area (Å²) in [5.74, 6) is -4.99. The van der Waals surface area contributed by atoms with E-state index in [4.69, 9.17) is 5.11 Å². The van der Waals surface area contributed by atoms with Gasteiger partial charge in [0.05, 0.1) is 13.2 Å². The first-order valence-electron chi connectivity index (χ1n) is 9.56. The Morgan fingerprint density at radius 1 is 0.667 bits per heavy atom. The first kappa shape index (κ1) is 31.9. The molecule has 0 aromatic rings. The number of rotatable bonds is 12. The number of aliphatic hydroxyl groups excluding tert-OH is 3. The Labute approximate surface area is 191 Å². The first-order chi connectivity index (χ1) is 15.1. The number of allylic oxidation sites excluding steroid dienone is 3. The van der Waals surface area contributed by atoms with Crippen LogP contribution in [0.3, 0.4) is 0 Å². The molecule has 0 aromatic carbocycles. The van der Waals surface area contributed by atoms with E-state index in [1.807, 2.05) is 0 Å². The van der Waals surface area contributed by atoms with Gasteiger partial charge in [0.2, 0.25) is 0 Å². The van der Waals surface area contributed by atoms with Crippen LogP contribution in [-0.4, -0.2) is 79.4 Å². The zero-order valence-corrected chi connectivity index (χ0v) is 19.0. The summed E-state index contributed by atoms with van der Waals surface area (Å²) >= 11 is 0. The highest BCUT2D eigenvalue weighted by molar-refractivity contribution is 5.89. The van der Waals surface area contributed by atoms with Gasteiger partial charge in [-0.3, -0.25) is 0 Å². The molecular formula is C22H32O11. The zero-order chi connectivity index (χ0) is 26.6. The SMILES string of the molecule is C=C(C)C(=O)O.CC(=CC(C=C(C)C(=O)O)(C=C(C)C(=O)O)C(CO)(CO)CCO)C(=O)O. The molecule has 0 heterocycles. The molecule has 186 valence electrons. The van der Waals surface area contributed by atoms with Crippen molar-refractivity contribution in [2.45, 2.75) is 34.1 Å². The average Bonchev–Trinajstić information content (AvgIpc) is 2.71. The molecule has 0 unspecified atom stereocenters. The number of hydrogen-bond donors (Lipinski definition) is 7. The van der Waals surface area contributed by atoms with Crippen molar-refractivity contribution in [1.82, 2.24) is 0 Å². The molecule has 0 radical (unpaired) electrons. The molecule has 0 aliphatic rings. The maximum Gasteiger partial charge on any atom is 0.330 e. The van der Waals surface area contributed by atoms with E-state index in [2.05, 4.69) is 6.58 Å². The second-order valence-electron chi connectivity index (χ2n) is 7.49. The zero-order valence-electron chi connectivity index (χ0n) is 19.0. The molecule has 0 aliphatic heterocycles. The summed E-state index contributed by atoms with van der Waals surface area (Å²) in [5, 5.41) is 65.1. The van der Waals surface area contributed by atoms with Crippen LogP contribution in [0.25, 0.3) is 0 Å². The minimum atomic E-state index is -1.81. The number of carbonyl (C=O) groups is 4. The number of aliphatic carboxylic acids is 4. The maximum atomic E-state index is 11.4. The smallest absolute Gasteiger partial charge is 0.330 e. The number of carboxylic acid groups (broad SMARTS) is 4. The molecule has 0 rings (SSSR count). The Morgan fingerprint density at radius 3 is 1.09 bits per heavy atom. The number of hydrogen-bond acceptors (Lipinski definition) is 7. The Morgan fingerprint density at radius 2 is 0.939 bits per heavy atom. The summed E-state index contributed by atoms with van der Waals surface area (Å²) in [6, 6.07) is 0. The second kappa shape index (κ2) is 14.0. The fourth-order valence-corrected chi connectivity index (χ4v) is 2.76. The van der Waals surface area contributed by atoms with Crippen LogP contribution < -0.4 is 0 Å². The van der Waals surface area contributed by atoms with Crippen LogP contribution in [0.4, 0.5) is 0 Å². The van der Waals surface area contributed by atoms with E-state index in [1.54, 1.807) is 0 Å². The molecular weight excluding hydrogens is 440 g/mol. The summed E-state index contributed by atoms with van der Waals surface area (Å²) in [7, 11) is 0. The lowest BCUT2D eigenvalue weighted by atomic mass is 9.60. The van der Waals surface area contributed by atoms with Gasteiger partial charge in [-0.15, -0.1) is 0 Å². The van der Waals surface area contributed by atoms with Crippen LogP contribution in [-0.2, 0) is 19.2 Å². The Bertz CT molecular complexity index is 756. The first-order valence-corrected chi connectivity index (χ1v) is 9.56. The van der Waals surface area contributed by atoms with Crippen molar-refractivity contribution in [3.8, 4) is 0 Å². The maximum absolute atomic E-state index is 11.4. The Balaban J connectivity index is 0.